The molecule has 4 nitrogen and oxygen atoms in total. The van der Waals surface area contributed by atoms with Gasteiger partial charge in [0.15, 0.2) is 3.84 Å². The first-order valence-electron chi connectivity index (χ1n) is 6.46. The van der Waals surface area contributed by atoms with Gasteiger partial charge in [0, 0.05) is 13.1 Å². The number of amidine groups is 1. The van der Waals surface area contributed by atoms with Crippen LogP contribution >= 0.6 is 22.6 Å². The minimum atomic E-state index is -0.370. The molecule has 1 aliphatic heterocycles. The third-order valence-electron chi connectivity index (χ3n) is 3.24. The van der Waals surface area contributed by atoms with Gasteiger partial charge in [-0.3, -0.25) is 0 Å². The molecule has 1 heterocycles. The van der Waals surface area contributed by atoms with E-state index in [4.69, 9.17) is 4.74 Å². The molecular weight excluding hydrogens is 367 g/mol. The van der Waals surface area contributed by atoms with Crippen molar-refractivity contribution in [3.05, 3.63) is 47.7 Å². The highest BCUT2D eigenvalue weighted by atomic mass is 127. The van der Waals surface area contributed by atoms with Gasteiger partial charge in [-0.2, -0.15) is 0 Å². The van der Waals surface area contributed by atoms with Gasteiger partial charge < -0.3 is 9.64 Å². The molecule has 20 heavy (non-hydrogen) atoms. The molecule has 1 aromatic rings. The average Bonchev–Trinajstić information content (AvgIpc) is 2.59. The van der Waals surface area contributed by atoms with Gasteiger partial charge in [0.1, 0.15) is 12.3 Å². The number of aliphatic imine (C=N–C) groups is 1. The smallest absolute Gasteiger partial charge is 0.357 e. The fraction of sp³-hybridized carbons (Fsp3) is 0.333. The molecule has 1 atom stereocenters. The van der Waals surface area contributed by atoms with Crippen molar-refractivity contribution in [1.82, 2.24) is 4.90 Å². The molecule has 1 aromatic carbocycles. The van der Waals surface area contributed by atoms with Crippen molar-refractivity contribution in [2.24, 2.45) is 4.99 Å². The lowest BCUT2D eigenvalue weighted by molar-refractivity contribution is -0.140. The van der Waals surface area contributed by atoms with Crippen LogP contribution in [0.4, 0.5) is 0 Å². The summed E-state index contributed by atoms with van der Waals surface area (Å²) in [6.07, 6.45) is 2.63. The highest BCUT2D eigenvalue weighted by molar-refractivity contribution is 14.1. The summed E-state index contributed by atoms with van der Waals surface area (Å²) in [5.41, 5.74) is 1.36. The van der Waals surface area contributed by atoms with Crippen LogP contribution < -0.4 is 0 Å². The maximum atomic E-state index is 12.1. The van der Waals surface area contributed by atoms with Gasteiger partial charge in [0.25, 0.3) is 0 Å². The average molecular weight is 384 g/mol. The lowest BCUT2D eigenvalue weighted by Gasteiger charge is -2.22. The van der Waals surface area contributed by atoms with Crippen LogP contribution in [-0.2, 0) is 16.1 Å². The number of hydrogen-bond donors (Lipinski definition) is 0. The Hall–Kier alpha value is -1.37. The molecule has 1 unspecified atom stereocenters. The van der Waals surface area contributed by atoms with Crippen LogP contribution in [0.1, 0.15) is 18.9 Å². The lowest BCUT2D eigenvalue weighted by Crippen LogP contribution is -2.30. The Bertz CT molecular complexity index is 540. The Kier molecular flexibility index (Phi) is 5.17. The molecule has 0 aromatic heterocycles. The number of benzene rings is 1. The third-order valence-corrected chi connectivity index (χ3v) is 4.24. The quantitative estimate of drug-likeness (QED) is 0.457. The molecule has 0 spiro atoms. The summed E-state index contributed by atoms with van der Waals surface area (Å²) in [7, 11) is 1.97. The van der Waals surface area contributed by atoms with Gasteiger partial charge in [-0.1, -0.05) is 30.3 Å². The summed E-state index contributed by atoms with van der Waals surface area (Å²) in [6.45, 7) is 2.37. The molecule has 0 fully saturated rings. The van der Waals surface area contributed by atoms with Crippen molar-refractivity contribution in [2.45, 2.75) is 26.0 Å². The van der Waals surface area contributed by atoms with Crippen molar-refractivity contribution in [3.63, 3.8) is 0 Å². The second-order valence-electron chi connectivity index (χ2n) is 4.73. The molecule has 0 bridgehead atoms. The summed E-state index contributed by atoms with van der Waals surface area (Å²) >= 11 is 2.14. The maximum absolute atomic E-state index is 12.1. The molecular formula is C15H17IN2O2. The van der Waals surface area contributed by atoms with Crippen molar-refractivity contribution in [3.8, 4) is 0 Å². The zero-order valence-electron chi connectivity index (χ0n) is 11.5. The zero-order chi connectivity index (χ0) is 14.5. The van der Waals surface area contributed by atoms with E-state index >= 15 is 0 Å². The van der Waals surface area contributed by atoms with E-state index in [0.717, 1.165) is 15.8 Å². The summed E-state index contributed by atoms with van der Waals surface area (Å²) in [6, 6.07) is 9.96. The zero-order valence-corrected chi connectivity index (χ0v) is 13.7. The first kappa shape index (κ1) is 15.0. The van der Waals surface area contributed by atoms with E-state index in [9.17, 15) is 4.79 Å². The molecule has 0 amide bonds. The Morgan fingerprint density at radius 2 is 2.15 bits per heavy atom. The van der Waals surface area contributed by atoms with E-state index < -0.39 is 0 Å². The Balaban J connectivity index is 2.02. The van der Waals surface area contributed by atoms with Crippen LogP contribution in [0.5, 0.6) is 0 Å². The Morgan fingerprint density at radius 1 is 1.45 bits per heavy atom. The number of halogens is 1. The van der Waals surface area contributed by atoms with E-state index in [2.05, 4.69) is 39.4 Å². The molecule has 0 saturated carbocycles. The van der Waals surface area contributed by atoms with Crippen LogP contribution in [0.25, 0.3) is 0 Å². The van der Waals surface area contributed by atoms with Gasteiger partial charge in [0.2, 0.25) is 0 Å². The highest BCUT2D eigenvalue weighted by Gasteiger charge is 2.19. The van der Waals surface area contributed by atoms with Crippen LogP contribution in [0.15, 0.2) is 47.1 Å². The van der Waals surface area contributed by atoms with Gasteiger partial charge in [0.05, 0.1) is 0 Å². The van der Waals surface area contributed by atoms with Crippen LogP contribution in [-0.4, -0.2) is 27.8 Å². The normalized spacial score (nSPS) is 18.9. The SMILES string of the molecule is CC1CC=C(C(=O)OCc2ccccc2)N=C(I)N1C. The van der Waals surface area contributed by atoms with E-state index in [-0.39, 0.29) is 12.6 Å². The molecule has 5 heteroatoms. The van der Waals surface area contributed by atoms with Crippen LogP contribution in [0.2, 0.25) is 0 Å². The van der Waals surface area contributed by atoms with Crippen molar-refractivity contribution in [1.29, 1.82) is 0 Å². The topological polar surface area (TPSA) is 41.9 Å². The fourth-order valence-corrected chi connectivity index (χ4v) is 2.51. The molecule has 2 rings (SSSR count). The minimum Gasteiger partial charge on any atom is -0.456 e. The van der Waals surface area contributed by atoms with Gasteiger partial charge in [-0.05, 0) is 47.6 Å². The second-order valence-corrected chi connectivity index (χ2v) is 5.69. The Labute approximate surface area is 132 Å². The van der Waals surface area contributed by atoms with Gasteiger partial charge >= 0.3 is 5.97 Å². The summed E-state index contributed by atoms with van der Waals surface area (Å²) < 4.78 is 6.11. The number of hydrogen-bond acceptors (Lipinski definition) is 4. The minimum absolute atomic E-state index is 0.272. The maximum Gasteiger partial charge on any atom is 0.357 e. The summed E-state index contributed by atoms with van der Waals surface area (Å²) in [5, 5.41) is 0. The van der Waals surface area contributed by atoms with E-state index in [1.54, 1.807) is 0 Å². The number of nitrogens with zero attached hydrogens (tertiary/aromatic N) is 2. The first-order valence-corrected chi connectivity index (χ1v) is 7.54. The highest BCUT2D eigenvalue weighted by Crippen LogP contribution is 2.17. The van der Waals surface area contributed by atoms with Gasteiger partial charge in [-0.15, -0.1) is 0 Å². The van der Waals surface area contributed by atoms with Crippen molar-refractivity contribution in [2.75, 3.05) is 7.05 Å². The van der Waals surface area contributed by atoms with Crippen molar-refractivity contribution >= 4 is 32.4 Å². The number of carbonyl (C=O) groups excluding carboxylic acids is 1. The molecule has 106 valence electrons. The summed E-state index contributed by atoms with van der Waals surface area (Å²) in [4.78, 5) is 18.4. The molecule has 0 radical (unpaired) electrons. The van der Waals surface area contributed by atoms with Crippen LogP contribution in [0.3, 0.4) is 0 Å². The standard InChI is InChI=1S/C15H17IN2O2/c1-11-8-9-13(17-15(16)18(11)2)14(19)20-10-12-6-4-3-5-7-12/h3-7,9,11H,8,10H2,1-2H3. The number of rotatable bonds is 3. The van der Waals surface area contributed by atoms with Crippen LogP contribution in [0, 0.1) is 0 Å². The predicted octanol–water partition coefficient (Wildman–Crippen LogP) is 3.13. The molecule has 0 saturated heterocycles. The molecule has 0 aliphatic carbocycles. The fourth-order valence-electron chi connectivity index (χ4n) is 1.77. The third kappa shape index (κ3) is 3.82. The first-order chi connectivity index (χ1) is 9.58. The largest absolute Gasteiger partial charge is 0.456 e. The monoisotopic (exact) mass is 384 g/mol. The second kappa shape index (κ2) is 6.88. The van der Waals surface area contributed by atoms with E-state index in [1.165, 1.54) is 0 Å². The number of ether oxygens (including phenoxy) is 1. The molecule has 1 aliphatic rings. The van der Waals surface area contributed by atoms with Gasteiger partial charge in [-0.25, -0.2) is 9.79 Å². The van der Waals surface area contributed by atoms with E-state index in [0.29, 0.717) is 11.7 Å². The molecule has 0 N–H and O–H groups in total. The van der Waals surface area contributed by atoms with E-state index in [1.807, 2.05) is 43.5 Å². The lowest BCUT2D eigenvalue weighted by atomic mass is 10.2. The Morgan fingerprint density at radius 3 is 2.85 bits per heavy atom. The summed E-state index contributed by atoms with van der Waals surface area (Å²) in [5.74, 6) is -0.370. The predicted molar refractivity (Wildman–Crippen MR) is 87.6 cm³/mol. The number of carbonyl (C=O) groups is 1. The van der Waals surface area contributed by atoms with Crippen molar-refractivity contribution < 1.29 is 9.53 Å². The number of esters is 1.